The standard InChI is InChI=1S/C21H32N2O4S/c1-14(2)12-16(23-20(25)27-21(3,4)5)18(28)22-17(19(24)26-6)13-15-10-8-7-9-11-15/h7-11,14,16-17H,12-13H2,1-6H3,(H,22,28)(H,23,25)/t16-,17+/m0/s1. The van der Waals surface area contributed by atoms with Crippen molar-refractivity contribution in [2.24, 2.45) is 5.92 Å². The van der Waals surface area contributed by atoms with Crippen LogP contribution in [0.2, 0.25) is 0 Å². The number of nitrogens with one attached hydrogen (secondary N) is 2. The number of thiocarbonyl (C=S) groups is 1. The van der Waals surface area contributed by atoms with Gasteiger partial charge >= 0.3 is 12.1 Å². The molecule has 156 valence electrons. The van der Waals surface area contributed by atoms with Gasteiger partial charge in [0.15, 0.2) is 0 Å². The lowest BCUT2D eigenvalue weighted by Gasteiger charge is -2.27. The van der Waals surface area contributed by atoms with Crippen LogP contribution < -0.4 is 10.6 Å². The molecule has 1 amide bonds. The van der Waals surface area contributed by atoms with Crippen LogP contribution in [0.15, 0.2) is 30.3 Å². The molecule has 0 saturated heterocycles. The van der Waals surface area contributed by atoms with Crippen LogP contribution in [0.3, 0.4) is 0 Å². The van der Waals surface area contributed by atoms with E-state index >= 15 is 0 Å². The maximum Gasteiger partial charge on any atom is 0.408 e. The molecule has 0 fully saturated rings. The number of carbonyl (C=O) groups is 2. The molecule has 0 saturated carbocycles. The van der Waals surface area contributed by atoms with Crippen molar-refractivity contribution in [3.63, 3.8) is 0 Å². The predicted molar refractivity (Wildman–Crippen MR) is 114 cm³/mol. The number of methoxy groups -OCH3 is 1. The number of alkyl carbamates (subject to hydrolysis) is 1. The average molecular weight is 409 g/mol. The van der Waals surface area contributed by atoms with Gasteiger partial charge in [-0.25, -0.2) is 9.59 Å². The highest BCUT2D eigenvalue weighted by Crippen LogP contribution is 2.11. The molecule has 0 aromatic heterocycles. The zero-order valence-electron chi connectivity index (χ0n) is 17.6. The lowest BCUT2D eigenvalue weighted by molar-refractivity contribution is -0.142. The smallest absolute Gasteiger partial charge is 0.408 e. The number of hydrogen-bond donors (Lipinski definition) is 2. The van der Waals surface area contributed by atoms with Crippen molar-refractivity contribution < 1.29 is 19.1 Å². The normalized spacial score (nSPS) is 13.4. The Balaban J connectivity index is 2.88. The molecule has 0 bridgehead atoms. The van der Waals surface area contributed by atoms with Crippen LogP contribution in [-0.4, -0.2) is 41.8 Å². The molecule has 2 atom stereocenters. The number of amides is 1. The molecule has 0 aliphatic heterocycles. The number of esters is 1. The summed E-state index contributed by atoms with van der Waals surface area (Å²) in [5.41, 5.74) is 0.373. The third-order valence-corrected chi connectivity index (χ3v) is 4.20. The lowest BCUT2D eigenvalue weighted by atomic mass is 10.0. The number of benzene rings is 1. The van der Waals surface area contributed by atoms with Crippen LogP contribution in [0.1, 0.15) is 46.6 Å². The second-order valence-corrected chi connectivity index (χ2v) is 8.54. The van der Waals surface area contributed by atoms with Crippen LogP contribution >= 0.6 is 12.2 Å². The topological polar surface area (TPSA) is 76.7 Å². The van der Waals surface area contributed by atoms with Gasteiger partial charge in [-0.2, -0.15) is 0 Å². The summed E-state index contributed by atoms with van der Waals surface area (Å²) in [7, 11) is 1.34. The average Bonchev–Trinajstić information content (AvgIpc) is 2.58. The van der Waals surface area contributed by atoms with E-state index in [4.69, 9.17) is 21.7 Å². The molecule has 0 aliphatic carbocycles. The fourth-order valence-electron chi connectivity index (χ4n) is 2.61. The summed E-state index contributed by atoms with van der Waals surface area (Å²) in [5, 5.41) is 5.89. The minimum Gasteiger partial charge on any atom is -0.467 e. The van der Waals surface area contributed by atoms with Gasteiger partial charge in [0.25, 0.3) is 0 Å². The lowest BCUT2D eigenvalue weighted by Crippen LogP contribution is -2.52. The van der Waals surface area contributed by atoms with Crippen LogP contribution in [-0.2, 0) is 20.7 Å². The quantitative estimate of drug-likeness (QED) is 0.505. The molecular formula is C21H32N2O4S. The largest absolute Gasteiger partial charge is 0.467 e. The Morgan fingerprint density at radius 3 is 2.18 bits per heavy atom. The highest BCUT2D eigenvalue weighted by Gasteiger charge is 2.27. The van der Waals surface area contributed by atoms with Gasteiger partial charge in [0.2, 0.25) is 0 Å². The molecule has 6 nitrogen and oxygen atoms in total. The summed E-state index contributed by atoms with van der Waals surface area (Å²) in [6.07, 6.45) is 0.499. The van der Waals surface area contributed by atoms with E-state index in [1.165, 1.54) is 7.11 Å². The SMILES string of the molecule is COC(=O)[C@@H](Cc1ccccc1)NC(=S)[C@H](CC(C)C)NC(=O)OC(C)(C)C. The van der Waals surface area contributed by atoms with Crippen LogP contribution in [0.25, 0.3) is 0 Å². The second-order valence-electron chi connectivity index (χ2n) is 8.10. The van der Waals surface area contributed by atoms with Gasteiger partial charge < -0.3 is 20.1 Å². The Hall–Kier alpha value is -2.15. The molecule has 0 heterocycles. The number of rotatable bonds is 8. The van der Waals surface area contributed by atoms with E-state index < -0.39 is 29.7 Å². The third kappa shape index (κ3) is 9.17. The van der Waals surface area contributed by atoms with Crippen molar-refractivity contribution in [3.8, 4) is 0 Å². The predicted octanol–water partition coefficient (Wildman–Crippen LogP) is 3.63. The molecule has 1 aromatic carbocycles. The van der Waals surface area contributed by atoms with Gasteiger partial charge in [0.05, 0.1) is 18.1 Å². The van der Waals surface area contributed by atoms with Gasteiger partial charge in [-0.3, -0.25) is 0 Å². The fourth-order valence-corrected chi connectivity index (χ4v) is 2.91. The van der Waals surface area contributed by atoms with E-state index in [1.54, 1.807) is 20.8 Å². The minimum absolute atomic E-state index is 0.283. The maximum absolute atomic E-state index is 12.3. The van der Waals surface area contributed by atoms with Crippen LogP contribution in [0.4, 0.5) is 4.79 Å². The van der Waals surface area contributed by atoms with Gasteiger partial charge in [-0.15, -0.1) is 0 Å². The van der Waals surface area contributed by atoms with E-state index in [-0.39, 0.29) is 5.92 Å². The van der Waals surface area contributed by atoms with Gasteiger partial charge in [0, 0.05) is 6.42 Å². The molecule has 1 rings (SSSR count). The van der Waals surface area contributed by atoms with Crippen LogP contribution in [0.5, 0.6) is 0 Å². The van der Waals surface area contributed by atoms with Gasteiger partial charge in [-0.1, -0.05) is 56.4 Å². The van der Waals surface area contributed by atoms with Gasteiger partial charge in [-0.05, 0) is 38.7 Å². The molecule has 0 radical (unpaired) electrons. The summed E-state index contributed by atoms with van der Waals surface area (Å²) in [6.45, 7) is 9.47. The Bertz CT molecular complexity index is 656. The van der Waals surface area contributed by atoms with E-state index in [0.717, 1.165) is 5.56 Å². The van der Waals surface area contributed by atoms with E-state index in [2.05, 4.69) is 10.6 Å². The highest BCUT2D eigenvalue weighted by atomic mass is 32.1. The monoisotopic (exact) mass is 408 g/mol. The van der Waals surface area contributed by atoms with Crippen molar-refractivity contribution in [2.75, 3.05) is 7.11 Å². The van der Waals surface area contributed by atoms with Crippen molar-refractivity contribution in [1.29, 1.82) is 0 Å². The number of hydrogen-bond acceptors (Lipinski definition) is 5. The van der Waals surface area contributed by atoms with E-state index in [0.29, 0.717) is 17.8 Å². The number of ether oxygens (including phenoxy) is 2. The first-order chi connectivity index (χ1) is 13.0. The molecule has 7 heteroatoms. The molecule has 28 heavy (non-hydrogen) atoms. The molecule has 0 spiro atoms. The minimum atomic E-state index is -0.644. The summed E-state index contributed by atoms with van der Waals surface area (Å²) >= 11 is 5.52. The summed E-state index contributed by atoms with van der Waals surface area (Å²) in [5.74, 6) is -0.128. The maximum atomic E-state index is 12.3. The first-order valence-electron chi connectivity index (χ1n) is 9.43. The highest BCUT2D eigenvalue weighted by molar-refractivity contribution is 7.80. The van der Waals surface area contributed by atoms with Crippen molar-refractivity contribution in [1.82, 2.24) is 10.6 Å². The molecule has 2 N–H and O–H groups in total. The summed E-state index contributed by atoms with van der Waals surface area (Å²) < 4.78 is 10.3. The Kier molecular flexibility index (Phi) is 9.38. The first kappa shape index (κ1) is 23.9. The van der Waals surface area contributed by atoms with Crippen LogP contribution in [0, 0.1) is 5.92 Å². The zero-order chi connectivity index (χ0) is 21.3. The first-order valence-corrected chi connectivity index (χ1v) is 9.84. The van der Waals surface area contributed by atoms with E-state index in [1.807, 2.05) is 44.2 Å². The van der Waals surface area contributed by atoms with Crippen molar-refractivity contribution >= 4 is 29.3 Å². The summed E-state index contributed by atoms with van der Waals surface area (Å²) in [6, 6.07) is 8.51. The van der Waals surface area contributed by atoms with Crippen molar-refractivity contribution in [3.05, 3.63) is 35.9 Å². The van der Waals surface area contributed by atoms with Gasteiger partial charge in [0.1, 0.15) is 11.6 Å². The Morgan fingerprint density at radius 2 is 1.68 bits per heavy atom. The Morgan fingerprint density at radius 1 is 1.07 bits per heavy atom. The molecule has 0 aliphatic rings. The second kappa shape index (κ2) is 11.0. The van der Waals surface area contributed by atoms with E-state index in [9.17, 15) is 9.59 Å². The fraction of sp³-hybridized carbons (Fsp3) is 0.571. The summed E-state index contributed by atoms with van der Waals surface area (Å²) in [4.78, 5) is 24.8. The third-order valence-electron chi connectivity index (χ3n) is 3.80. The number of carbonyl (C=O) groups excluding carboxylic acids is 2. The molecular weight excluding hydrogens is 376 g/mol. The Labute approximate surface area is 173 Å². The molecule has 1 aromatic rings. The molecule has 0 unspecified atom stereocenters. The van der Waals surface area contributed by atoms with Crippen molar-refractivity contribution in [2.45, 2.75) is 65.1 Å². The zero-order valence-corrected chi connectivity index (χ0v) is 18.4.